The third-order valence-electron chi connectivity index (χ3n) is 3.32. The lowest BCUT2D eigenvalue weighted by Crippen LogP contribution is -2.43. The number of rotatable bonds is 8. The molecule has 0 spiro atoms. The molecule has 0 aliphatic carbocycles. The lowest BCUT2D eigenvalue weighted by Gasteiger charge is -2.20. The lowest BCUT2D eigenvalue weighted by molar-refractivity contribution is -0.142. The average molecular weight is 331 g/mol. The SMILES string of the molecule is COc1ccccc1CCNC(=O)CN(C)C(C)C(=O)O.Cl. The van der Waals surface area contributed by atoms with Gasteiger partial charge in [-0.15, -0.1) is 12.4 Å². The van der Waals surface area contributed by atoms with Crippen molar-refractivity contribution in [1.82, 2.24) is 10.2 Å². The van der Waals surface area contributed by atoms with E-state index in [0.29, 0.717) is 13.0 Å². The third-order valence-corrected chi connectivity index (χ3v) is 3.32. The van der Waals surface area contributed by atoms with Crippen LogP contribution in [0.1, 0.15) is 12.5 Å². The van der Waals surface area contributed by atoms with Gasteiger partial charge in [-0.2, -0.15) is 0 Å². The Kier molecular flexibility index (Phi) is 9.21. The molecule has 1 aromatic carbocycles. The molecule has 0 bridgehead atoms. The van der Waals surface area contributed by atoms with Crippen LogP contribution in [-0.2, 0) is 16.0 Å². The van der Waals surface area contributed by atoms with Gasteiger partial charge in [-0.1, -0.05) is 18.2 Å². The van der Waals surface area contributed by atoms with Gasteiger partial charge in [-0.05, 0) is 32.0 Å². The fourth-order valence-electron chi connectivity index (χ4n) is 1.85. The van der Waals surface area contributed by atoms with Crippen LogP contribution in [0.5, 0.6) is 5.75 Å². The zero-order valence-electron chi connectivity index (χ0n) is 13.0. The molecule has 0 heterocycles. The summed E-state index contributed by atoms with van der Waals surface area (Å²) in [6, 6.07) is 6.94. The highest BCUT2D eigenvalue weighted by atomic mass is 35.5. The fraction of sp³-hybridized carbons (Fsp3) is 0.467. The number of likely N-dealkylation sites (N-methyl/N-ethyl adjacent to an activating group) is 1. The second-order valence-electron chi connectivity index (χ2n) is 4.84. The number of hydrogen-bond donors (Lipinski definition) is 2. The number of halogens is 1. The Morgan fingerprint density at radius 3 is 2.59 bits per heavy atom. The summed E-state index contributed by atoms with van der Waals surface area (Å²) in [5.74, 6) is -0.344. The molecule has 1 amide bonds. The highest BCUT2D eigenvalue weighted by molar-refractivity contribution is 5.85. The van der Waals surface area contributed by atoms with Crippen LogP contribution in [0.25, 0.3) is 0 Å². The van der Waals surface area contributed by atoms with E-state index < -0.39 is 12.0 Å². The summed E-state index contributed by atoms with van der Waals surface area (Å²) in [6.45, 7) is 2.08. The number of nitrogens with zero attached hydrogens (tertiary/aromatic N) is 1. The first-order chi connectivity index (χ1) is 9.95. The zero-order chi connectivity index (χ0) is 15.8. The molecule has 0 aromatic heterocycles. The number of aliphatic carboxylic acids is 1. The van der Waals surface area contributed by atoms with Crippen molar-refractivity contribution >= 4 is 24.3 Å². The van der Waals surface area contributed by atoms with Crippen molar-refractivity contribution in [2.45, 2.75) is 19.4 Å². The number of carboxylic acids is 1. The first-order valence-electron chi connectivity index (χ1n) is 6.77. The van der Waals surface area contributed by atoms with Crippen LogP contribution < -0.4 is 10.1 Å². The van der Waals surface area contributed by atoms with Crippen LogP contribution in [0.2, 0.25) is 0 Å². The first kappa shape index (κ1) is 20.2. The van der Waals surface area contributed by atoms with Gasteiger partial charge in [-0.25, -0.2) is 0 Å². The monoisotopic (exact) mass is 330 g/mol. The summed E-state index contributed by atoms with van der Waals surface area (Å²) in [5, 5.41) is 11.6. The minimum Gasteiger partial charge on any atom is -0.496 e. The summed E-state index contributed by atoms with van der Waals surface area (Å²) in [6.07, 6.45) is 0.661. The van der Waals surface area contributed by atoms with Crippen molar-refractivity contribution < 1.29 is 19.4 Å². The van der Waals surface area contributed by atoms with Gasteiger partial charge < -0.3 is 15.2 Å². The molecule has 0 saturated carbocycles. The molecular weight excluding hydrogens is 308 g/mol. The minimum absolute atomic E-state index is 0. The highest BCUT2D eigenvalue weighted by Crippen LogP contribution is 2.17. The average Bonchev–Trinajstić information content (AvgIpc) is 2.46. The van der Waals surface area contributed by atoms with E-state index in [1.165, 1.54) is 4.90 Å². The van der Waals surface area contributed by atoms with E-state index in [-0.39, 0.29) is 24.9 Å². The first-order valence-corrected chi connectivity index (χ1v) is 6.77. The summed E-state index contributed by atoms with van der Waals surface area (Å²) < 4.78 is 5.24. The van der Waals surface area contributed by atoms with E-state index >= 15 is 0 Å². The van der Waals surface area contributed by atoms with Gasteiger partial charge in [-0.3, -0.25) is 14.5 Å². The van der Waals surface area contributed by atoms with E-state index in [9.17, 15) is 9.59 Å². The van der Waals surface area contributed by atoms with Gasteiger partial charge in [0.05, 0.1) is 13.7 Å². The maximum absolute atomic E-state index is 11.7. The second-order valence-corrected chi connectivity index (χ2v) is 4.84. The number of methoxy groups -OCH3 is 1. The number of nitrogens with one attached hydrogen (secondary N) is 1. The summed E-state index contributed by atoms with van der Waals surface area (Å²) in [5.41, 5.74) is 1.02. The second kappa shape index (κ2) is 10.0. The van der Waals surface area contributed by atoms with Crippen LogP contribution in [0.3, 0.4) is 0 Å². The summed E-state index contributed by atoms with van der Waals surface area (Å²) >= 11 is 0. The number of benzene rings is 1. The lowest BCUT2D eigenvalue weighted by atomic mass is 10.1. The van der Waals surface area contributed by atoms with Crippen molar-refractivity contribution in [3.05, 3.63) is 29.8 Å². The Balaban J connectivity index is 0.00000441. The molecule has 1 atom stereocenters. The predicted molar refractivity (Wildman–Crippen MR) is 86.7 cm³/mol. The maximum Gasteiger partial charge on any atom is 0.320 e. The Labute approximate surface area is 136 Å². The molecule has 1 rings (SSSR count). The number of ether oxygens (including phenoxy) is 1. The van der Waals surface area contributed by atoms with Gasteiger partial charge >= 0.3 is 5.97 Å². The van der Waals surface area contributed by atoms with Crippen molar-refractivity contribution in [3.8, 4) is 5.75 Å². The van der Waals surface area contributed by atoms with E-state index in [0.717, 1.165) is 11.3 Å². The van der Waals surface area contributed by atoms with Gasteiger partial charge in [0.1, 0.15) is 11.8 Å². The van der Waals surface area contributed by atoms with E-state index in [2.05, 4.69) is 5.32 Å². The third kappa shape index (κ3) is 6.32. The van der Waals surface area contributed by atoms with Crippen LogP contribution in [0.4, 0.5) is 0 Å². The molecule has 0 aliphatic rings. The topological polar surface area (TPSA) is 78.9 Å². The van der Waals surface area contributed by atoms with E-state index in [1.807, 2.05) is 24.3 Å². The van der Waals surface area contributed by atoms with Crippen molar-refractivity contribution in [2.75, 3.05) is 27.2 Å². The molecule has 0 fully saturated rings. The molecular formula is C15H23ClN2O4. The smallest absolute Gasteiger partial charge is 0.320 e. The predicted octanol–water partition coefficient (Wildman–Crippen LogP) is 1.18. The maximum atomic E-state index is 11.7. The van der Waals surface area contributed by atoms with Crippen LogP contribution in [0, 0.1) is 0 Å². The van der Waals surface area contributed by atoms with Crippen LogP contribution in [0.15, 0.2) is 24.3 Å². The van der Waals surface area contributed by atoms with E-state index in [4.69, 9.17) is 9.84 Å². The number of amides is 1. The molecule has 1 aromatic rings. The summed E-state index contributed by atoms with van der Waals surface area (Å²) in [4.78, 5) is 24.0. The highest BCUT2D eigenvalue weighted by Gasteiger charge is 2.18. The normalized spacial score (nSPS) is 11.5. The standard InChI is InChI=1S/C15H22N2O4.ClH/c1-11(15(19)20)17(2)10-14(18)16-9-8-12-6-4-5-7-13(12)21-3;/h4-7,11H,8-10H2,1-3H3,(H,16,18)(H,19,20);1H. The quantitative estimate of drug-likeness (QED) is 0.748. The molecule has 1 unspecified atom stereocenters. The fourth-order valence-corrected chi connectivity index (χ4v) is 1.85. The number of carbonyl (C=O) groups excluding carboxylic acids is 1. The molecule has 6 nitrogen and oxygen atoms in total. The molecule has 22 heavy (non-hydrogen) atoms. The Morgan fingerprint density at radius 2 is 2.00 bits per heavy atom. The summed E-state index contributed by atoms with van der Waals surface area (Å²) in [7, 11) is 3.22. The number of carbonyl (C=O) groups is 2. The van der Waals surface area contributed by atoms with Gasteiger partial charge in [0.2, 0.25) is 5.91 Å². The number of para-hydroxylation sites is 1. The largest absolute Gasteiger partial charge is 0.496 e. The Hall–Kier alpha value is -1.79. The molecule has 124 valence electrons. The zero-order valence-corrected chi connectivity index (χ0v) is 13.9. The van der Waals surface area contributed by atoms with E-state index in [1.54, 1.807) is 21.1 Å². The van der Waals surface area contributed by atoms with Crippen LogP contribution in [-0.4, -0.2) is 55.2 Å². The van der Waals surface area contributed by atoms with Gasteiger partial charge in [0.15, 0.2) is 0 Å². The van der Waals surface area contributed by atoms with Crippen molar-refractivity contribution in [1.29, 1.82) is 0 Å². The molecule has 7 heteroatoms. The van der Waals surface area contributed by atoms with Gasteiger partial charge in [0.25, 0.3) is 0 Å². The Morgan fingerprint density at radius 1 is 1.36 bits per heavy atom. The van der Waals surface area contributed by atoms with Crippen molar-refractivity contribution in [2.24, 2.45) is 0 Å². The number of hydrogen-bond acceptors (Lipinski definition) is 4. The van der Waals surface area contributed by atoms with Crippen molar-refractivity contribution in [3.63, 3.8) is 0 Å². The van der Waals surface area contributed by atoms with Gasteiger partial charge in [0, 0.05) is 6.54 Å². The minimum atomic E-state index is -0.945. The number of carboxylic acid groups (broad SMARTS) is 1. The molecule has 0 saturated heterocycles. The molecule has 0 aliphatic heterocycles. The Bertz CT molecular complexity index is 496. The molecule has 2 N–H and O–H groups in total. The molecule has 0 radical (unpaired) electrons. The van der Waals surface area contributed by atoms with Crippen LogP contribution >= 0.6 is 12.4 Å².